The van der Waals surface area contributed by atoms with Crippen LogP contribution in [0.15, 0.2) is 0 Å². The van der Waals surface area contributed by atoms with Crippen LogP contribution in [0, 0.1) is 5.41 Å². The van der Waals surface area contributed by atoms with Gasteiger partial charge in [0.25, 0.3) is 0 Å². The molecule has 4 nitrogen and oxygen atoms in total. The smallest absolute Gasteiger partial charge is 0.227 e. The molecule has 0 saturated heterocycles. The van der Waals surface area contributed by atoms with Gasteiger partial charge < -0.3 is 11.1 Å². The van der Waals surface area contributed by atoms with Gasteiger partial charge in [0, 0.05) is 6.04 Å². The summed E-state index contributed by atoms with van der Waals surface area (Å²) >= 11 is 0. The molecule has 0 atom stereocenters. The molecule has 12 heavy (non-hydrogen) atoms. The van der Waals surface area contributed by atoms with E-state index in [0.717, 1.165) is 12.8 Å². The van der Waals surface area contributed by atoms with Gasteiger partial charge in [-0.2, -0.15) is 0 Å². The molecule has 1 amide bonds. The van der Waals surface area contributed by atoms with Gasteiger partial charge in [0.05, 0.1) is 12.3 Å². The number of amidine groups is 1. The number of carbonyl (C=O) groups is 1. The van der Waals surface area contributed by atoms with Crippen molar-refractivity contribution >= 4 is 11.7 Å². The van der Waals surface area contributed by atoms with Crippen molar-refractivity contribution < 1.29 is 4.79 Å². The third-order valence-corrected chi connectivity index (χ3v) is 2.07. The van der Waals surface area contributed by atoms with E-state index in [1.807, 2.05) is 0 Å². The van der Waals surface area contributed by atoms with Gasteiger partial charge >= 0.3 is 0 Å². The van der Waals surface area contributed by atoms with Crippen LogP contribution in [0.3, 0.4) is 0 Å². The molecule has 0 aromatic heterocycles. The van der Waals surface area contributed by atoms with E-state index in [0.29, 0.717) is 6.04 Å². The molecule has 4 heteroatoms. The molecular weight excluding hydrogens is 154 g/mol. The lowest BCUT2D eigenvalue weighted by atomic mass is 10.2. The number of rotatable bonds is 3. The van der Waals surface area contributed by atoms with Crippen LogP contribution in [0.1, 0.15) is 32.1 Å². The van der Waals surface area contributed by atoms with Crippen molar-refractivity contribution in [1.29, 1.82) is 5.41 Å². The minimum absolute atomic E-state index is 0.0382. The first-order valence-corrected chi connectivity index (χ1v) is 4.31. The van der Waals surface area contributed by atoms with E-state index >= 15 is 0 Å². The average molecular weight is 169 g/mol. The van der Waals surface area contributed by atoms with Crippen LogP contribution in [0.4, 0.5) is 0 Å². The lowest BCUT2D eigenvalue weighted by Gasteiger charge is -2.10. The van der Waals surface area contributed by atoms with Gasteiger partial charge in [-0.05, 0) is 12.8 Å². The Morgan fingerprint density at radius 1 is 1.50 bits per heavy atom. The van der Waals surface area contributed by atoms with Crippen LogP contribution in [0.25, 0.3) is 0 Å². The number of nitrogens with one attached hydrogen (secondary N) is 2. The van der Waals surface area contributed by atoms with Crippen LogP contribution in [0.5, 0.6) is 0 Å². The molecule has 1 rings (SSSR count). The van der Waals surface area contributed by atoms with E-state index in [-0.39, 0.29) is 18.2 Å². The predicted octanol–water partition coefficient (Wildman–Crippen LogP) is 0.371. The molecule has 0 aliphatic heterocycles. The minimum atomic E-state index is -0.116. The standard InChI is InChI=1S/C8H15N3O/c9-7(10)5-8(12)11-6-3-1-2-4-6/h6H,1-5H2,(H3,9,10)(H,11,12). The molecule has 0 heterocycles. The number of hydrogen-bond donors (Lipinski definition) is 3. The van der Waals surface area contributed by atoms with Crippen LogP contribution in [-0.2, 0) is 4.79 Å². The van der Waals surface area contributed by atoms with Crippen molar-refractivity contribution in [3.8, 4) is 0 Å². The Balaban J connectivity index is 2.20. The Kier molecular flexibility index (Phi) is 3.08. The molecular formula is C8H15N3O. The van der Waals surface area contributed by atoms with E-state index in [9.17, 15) is 4.79 Å². The molecule has 0 spiro atoms. The van der Waals surface area contributed by atoms with Crippen molar-refractivity contribution in [2.45, 2.75) is 38.1 Å². The van der Waals surface area contributed by atoms with E-state index < -0.39 is 0 Å². The summed E-state index contributed by atoms with van der Waals surface area (Å²) < 4.78 is 0. The van der Waals surface area contributed by atoms with Gasteiger partial charge in [0.2, 0.25) is 5.91 Å². The van der Waals surface area contributed by atoms with Crippen molar-refractivity contribution in [3.05, 3.63) is 0 Å². The third kappa shape index (κ3) is 2.90. The van der Waals surface area contributed by atoms with Crippen molar-refractivity contribution in [1.82, 2.24) is 5.32 Å². The first-order chi connectivity index (χ1) is 5.68. The summed E-state index contributed by atoms with van der Waals surface area (Å²) in [5.41, 5.74) is 5.09. The molecule has 4 N–H and O–H groups in total. The highest BCUT2D eigenvalue weighted by Crippen LogP contribution is 2.17. The predicted molar refractivity (Wildman–Crippen MR) is 46.9 cm³/mol. The van der Waals surface area contributed by atoms with Crippen LogP contribution < -0.4 is 11.1 Å². The zero-order chi connectivity index (χ0) is 8.97. The lowest BCUT2D eigenvalue weighted by Crippen LogP contribution is -2.35. The summed E-state index contributed by atoms with van der Waals surface area (Å²) in [5.74, 6) is -0.181. The van der Waals surface area contributed by atoms with Gasteiger partial charge in [-0.15, -0.1) is 0 Å². The highest BCUT2D eigenvalue weighted by Gasteiger charge is 2.16. The summed E-state index contributed by atoms with van der Waals surface area (Å²) in [6, 6.07) is 0.330. The number of carbonyl (C=O) groups excluding carboxylic acids is 1. The Morgan fingerprint density at radius 2 is 2.08 bits per heavy atom. The number of nitrogens with two attached hydrogens (primary N) is 1. The fourth-order valence-electron chi connectivity index (χ4n) is 1.52. The van der Waals surface area contributed by atoms with Crippen molar-refractivity contribution in [3.63, 3.8) is 0 Å². The van der Waals surface area contributed by atoms with Crippen LogP contribution >= 0.6 is 0 Å². The highest BCUT2D eigenvalue weighted by atomic mass is 16.1. The van der Waals surface area contributed by atoms with Crippen molar-refractivity contribution in [2.24, 2.45) is 5.73 Å². The van der Waals surface area contributed by atoms with E-state index in [1.54, 1.807) is 0 Å². The topological polar surface area (TPSA) is 79.0 Å². The monoisotopic (exact) mass is 169 g/mol. The molecule has 0 aromatic carbocycles. The zero-order valence-electron chi connectivity index (χ0n) is 7.10. The lowest BCUT2D eigenvalue weighted by molar-refractivity contribution is -0.120. The SMILES string of the molecule is N=C(N)CC(=O)NC1CCCC1. The summed E-state index contributed by atoms with van der Waals surface area (Å²) in [4.78, 5) is 11.1. The number of amides is 1. The second-order valence-corrected chi connectivity index (χ2v) is 3.25. The zero-order valence-corrected chi connectivity index (χ0v) is 7.10. The molecule has 1 aliphatic carbocycles. The normalized spacial score (nSPS) is 17.7. The second kappa shape index (κ2) is 4.09. The molecule has 1 saturated carbocycles. The summed E-state index contributed by atoms with van der Waals surface area (Å²) in [7, 11) is 0. The van der Waals surface area contributed by atoms with E-state index in [2.05, 4.69) is 5.32 Å². The molecule has 68 valence electrons. The third-order valence-electron chi connectivity index (χ3n) is 2.07. The minimum Gasteiger partial charge on any atom is -0.387 e. The fraction of sp³-hybridized carbons (Fsp3) is 0.750. The van der Waals surface area contributed by atoms with E-state index in [1.165, 1.54) is 12.8 Å². The first kappa shape index (κ1) is 9.03. The molecule has 0 unspecified atom stereocenters. The Labute approximate surface area is 72.0 Å². The molecule has 0 radical (unpaired) electrons. The van der Waals surface area contributed by atoms with Gasteiger partial charge in [-0.1, -0.05) is 12.8 Å². The molecule has 1 fully saturated rings. The average Bonchev–Trinajstić information content (AvgIpc) is 2.37. The van der Waals surface area contributed by atoms with E-state index in [4.69, 9.17) is 11.1 Å². The maximum Gasteiger partial charge on any atom is 0.227 e. The maximum absolute atomic E-state index is 11.1. The summed E-state index contributed by atoms with van der Waals surface area (Å²) in [6.07, 6.45) is 4.58. The Hall–Kier alpha value is -1.06. The quantitative estimate of drug-likeness (QED) is 0.421. The van der Waals surface area contributed by atoms with Gasteiger partial charge in [0.15, 0.2) is 0 Å². The Morgan fingerprint density at radius 3 is 2.58 bits per heavy atom. The van der Waals surface area contributed by atoms with Crippen LogP contribution in [0.2, 0.25) is 0 Å². The molecule has 0 aromatic rings. The fourth-order valence-corrected chi connectivity index (χ4v) is 1.52. The Bertz CT molecular complexity index is 185. The van der Waals surface area contributed by atoms with Gasteiger partial charge in [-0.3, -0.25) is 10.2 Å². The first-order valence-electron chi connectivity index (χ1n) is 4.31. The number of hydrogen-bond acceptors (Lipinski definition) is 2. The van der Waals surface area contributed by atoms with Crippen molar-refractivity contribution in [2.75, 3.05) is 0 Å². The largest absolute Gasteiger partial charge is 0.387 e. The van der Waals surface area contributed by atoms with Gasteiger partial charge in [0.1, 0.15) is 0 Å². The van der Waals surface area contributed by atoms with Gasteiger partial charge in [-0.25, -0.2) is 0 Å². The summed E-state index contributed by atoms with van der Waals surface area (Å²) in [6.45, 7) is 0. The molecule has 0 bridgehead atoms. The highest BCUT2D eigenvalue weighted by molar-refractivity contribution is 5.97. The maximum atomic E-state index is 11.1. The van der Waals surface area contributed by atoms with Crippen LogP contribution in [-0.4, -0.2) is 17.8 Å². The summed E-state index contributed by atoms with van der Waals surface area (Å²) in [5, 5.41) is 9.77. The molecule has 1 aliphatic rings. The second-order valence-electron chi connectivity index (χ2n) is 3.25.